The van der Waals surface area contributed by atoms with E-state index >= 15 is 0 Å². The largest absolute Gasteiger partial charge is 0.394 e. The molecule has 0 saturated carbocycles. The van der Waals surface area contributed by atoms with Crippen molar-refractivity contribution in [3.8, 4) is 0 Å². The van der Waals surface area contributed by atoms with Crippen LogP contribution in [0, 0.1) is 0 Å². The number of aliphatic hydroxyl groups is 4. The van der Waals surface area contributed by atoms with Gasteiger partial charge in [0.2, 0.25) is 5.91 Å². The van der Waals surface area contributed by atoms with Crippen molar-refractivity contribution in [1.29, 1.82) is 0 Å². The standard InChI is InChI=1S/C51H93NO5/c1-3-5-7-9-11-13-15-17-19-20-21-22-23-24-25-26-27-28-29-31-33-35-37-39-41-43-45-49(55)51(57)52-47(46-53)50(56)48(54)44-42-40-38-36-34-32-30-18-16-14-12-10-8-6-4-2/h10,12,18,21-22,24-25,30,36,38,47-50,53-56H,3-9,11,13-17,19-20,23,26-29,31-35,37,39-46H2,1-2H3,(H,52,57)/b12-10+,22-21-,25-24-,30-18+,38-36+. The number of hydrogen-bond donors (Lipinski definition) is 5. The monoisotopic (exact) mass is 800 g/mol. The number of carbonyl (C=O) groups is 1. The highest BCUT2D eigenvalue weighted by Gasteiger charge is 2.28. The molecule has 0 heterocycles. The van der Waals surface area contributed by atoms with Gasteiger partial charge in [0.1, 0.15) is 12.2 Å². The summed E-state index contributed by atoms with van der Waals surface area (Å²) in [6.07, 6.45) is 56.9. The van der Waals surface area contributed by atoms with Gasteiger partial charge in [0.25, 0.3) is 0 Å². The van der Waals surface area contributed by atoms with Crippen molar-refractivity contribution in [3.63, 3.8) is 0 Å². The summed E-state index contributed by atoms with van der Waals surface area (Å²) in [5, 5.41) is 43.7. The number of nitrogens with one attached hydrogen (secondary N) is 1. The van der Waals surface area contributed by atoms with Crippen LogP contribution >= 0.6 is 0 Å². The van der Waals surface area contributed by atoms with E-state index in [1.807, 2.05) is 0 Å². The fourth-order valence-corrected chi connectivity index (χ4v) is 7.04. The zero-order chi connectivity index (χ0) is 41.7. The number of hydrogen-bond acceptors (Lipinski definition) is 5. The Hall–Kier alpha value is -1.99. The van der Waals surface area contributed by atoms with Crippen molar-refractivity contribution in [2.24, 2.45) is 0 Å². The first kappa shape index (κ1) is 55.0. The van der Waals surface area contributed by atoms with Gasteiger partial charge >= 0.3 is 0 Å². The van der Waals surface area contributed by atoms with Crippen molar-refractivity contribution in [3.05, 3.63) is 60.8 Å². The van der Waals surface area contributed by atoms with Crippen LogP contribution in [0.3, 0.4) is 0 Å². The lowest BCUT2D eigenvalue weighted by atomic mass is 10.00. The van der Waals surface area contributed by atoms with Crippen LogP contribution in [-0.2, 0) is 4.79 Å². The molecule has 57 heavy (non-hydrogen) atoms. The van der Waals surface area contributed by atoms with Gasteiger partial charge < -0.3 is 25.7 Å². The van der Waals surface area contributed by atoms with E-state index in [-0.39, 0.29) is 0 Å². The predicted molar refractivity (Wildman–Crippen MR) is 246 cm³/mol. The van der Waals surface area contributed by atoms with Gasteiger partial charge in [-0.1, -0.05) is 197 Å². The molecule has 0 radical (unpaired) electrons. The molecule has 4 atom stereocenters. The van der Waals surface area contributed by atoms with E-state index in [0.717, 1.165) is 57.8 Å². The molecule has 0 saturated heterocycles. The number of rotatable bonds is 43. The van der Waals surface area contributed by atoms with E-state index in [4.69, 9.17) is 0 Å². The first-order valence-electron chi connectivity index (χ1n) is 24.2. The summed E-state index contributed by atoms with van der Waals surface area (Å²) in [7, 11) is 0. The Kier molecular flexibility index (Phi) is 43.5. The van der Waals surface area contributed by atoms with E-state index < -0.39 is 36.9 Å². The van der Waals surface area contributed by atoms with E-state index in [0.29, 0.717) is 19.3 Å². The molecule has 0 rings (SSSR count). The number of amides is 1. The van der Waals surface area contributed by atoms with Gasteiger partial charge in [-0.15, -0.1) is 0 Å². The Bertz CT molecular complexity index is 988. The van der Waals surface area contributed by atoms with Crippen molar-refractivity contribution < 1.29 is 25.2 Å². The molecule has 0 aromatic rings. The zero-order valence-corrected chi connectivity index (χ0v) is 37.3. The number of unbranched alkanes of at least 4 members (excludes halogenated alkanes) is 24. The summed E-state index contributed by atoms with van der Waals surface area (Å²) in [5.41, 5.74) is 0. The molecule has 6 heteroatoms. The molecular weight excluding hydrogens is 707 g/mol. The molecule has 332 valence electrons. The van der Waals surface area contributed by atoms with Crippen LogP contribution in [-0.4, -0.2) is 57.3 Å². The Labute approximate surface area is 352 Å². The second-order valence-electron chi connectivity index (χ2n) is 16.4. The van der Waals surface area contributed by atoms with E-state index in [1.165, 1.54) is 135 Å². The maximum Gasteiger partial charge on any atom is 0.249 e. The second-order valence-corrected chi connectivity index (χ2v) is 16.4. The first-order valence-corrected chi connectivity index (χ1v) is 24.2. The van der Waals surface area contributed by atoms with Crippen LogP contribution in [0.5, 0.6) is 0 Å². The fraction of sp³-hybridized carbons (Fsp3) is 0.784. The number of allylic oxidation sites excluding steroid dienone is 10. The lowest BCUT2D eigenvalue weighted by molar-refractivity contribution is -0.132. The zero-order valence-electron chi connectivity index (χ0n) is 37.3. The van der Waals surface area contributed by atoms with Gasteiger partial charge in [-0.25, -0.2) is 0 Å². The van der Waals surface area contributed by atoms with Gasteiger partial charge in [0.15, 0.2) is 0 Å². The van der Waals surface area contributed by atoms with Crippen molar-refractivity contribution in [1.82, 2.24) is 5.32 Å². The molecule has 6 nitrogen and oxygen atoms in total. The highest BCUT2D eigenvalue weighted by molar-refractivity contribution is 5.80. The lowest BCUT2D eigenvalue weighted by Gasteiger charge is -2.27. The molecule has 0 aliphatic rings. The average Bonchev–Trinajstić information content (AvgIpc) is 3.22. The first-order chi connectivity index (χ1) is 28.0. The molecule has 0 bridgehead atoms. The van der Waals surface area contributed by atoms with Crippen molar-refractivity contribution >= 4 is 5.91 Å². The highest BCUT2D eigenvalue weighted by atomic mass is 16.3. The van der Waals surface area contributed by atoms with Gasteiger partial charge in [-0.05, 0) is 89.9 Å². The molecule has 0 aromatic heterocycles. The Morgan fingerprint density at radius 3 is 1.26 bits per heavy atom. The van der Waals surface area contributed by atoms with Crippen LogP contribution in [0.2, 0.25) is 0 Å². The van der Waals surface area contributed by atoms with Crippen LogP contribution in [0.1, 0.15) is 226 Å². The summed E-state index contributed by atoms with van der Waals surface area (Å²) >= 11 is 0. The van der Waals surface area contributed by atoms with Crippen LogP contribution in [0.4, 0.5) is 0 Å². The van der Waals surface area contributed by atoms with Gasteiger partial charge in [-0.2, -0.15) is 0 Å². The number of aliphatic hydroxyl groups excluding tert-OH is 4. The normalized spacial score (nSPS) is 14.6. The third kappa shape index (κ3) is 39.3. The van der Waals surface area contributed by atoms with Crippen molar-refractivity contribution in [2.45, 2.75) is 250 Å². The minimum atomic E-state index is -1.30. The molecule has 0 fully saturated rings. The van der Waals surface area contributed by atoms with Crippen molar-refractivity contribution in [2.75, 3.05) is 6.61 Å². The predicted octanol–water partition coefficient (Wildman–Crippen LogP) is 13.2. The molecule has 4 unspecified atom stereocenters. The minimum absolute atomic E-state index is 0.352. The summed E-state index contributed by atoms with van der Waals surface area (Å²) in [6, 6.07) is -1.01. The molecular formula is C51H93NO5. The highest BCUT2D eigenvalue weighted by Crippen LogP contribution is 2.15. The van der Waals surface area contributed by atoms with E-state index in [1.54, 1.807) is 0 Å². The molecule has 5 N–H and O–H groups in total. The summed E-state index contributed by atoms with van der Waals surface area (Å²) in [5.74, 6) is -0.604. The third-order valence-electron chi connectivity index (χ3n) is 10.9. The van der Waals surface area contributed by atoms with E-state index in [9.17, 15) is 25.2 Å². The van der Waals surface area contributed by atoms with Gasteiger partial charge in [0.05, 0.1) is 18.8 Å². The smallest absolute Gasteiger partial charge is 0.249 e. The van der Waals surface area contributed by atoms with Crippen LogP contribution in [0.15, 0.2) is 60.8 Å². The SMILES string of the molecule is CCCC/C=C/CC/C=C/CC/C=C/CCCC(O)C(O)C(CO)NC(=O)C(O)CCCCCCCCCCCC/C=C\C/C=C\CCCCCCCCCCC. The maximum absolute atomic E-state index is 12.5. The molecule has 0 spiro atoms. The fourth-order valence-electron chi connectivity index (χ4n) is 7.04. The van der Waals surface area contributed by atoms with Crippen LogP contribution < -0.4 is 5.32 Å². The molecule has 0 aromatic carbocycles. The maximum atomic E-state index is 12.5. The molecule has 0 aliphatic carbocycles. The summed E-state index contributed by atoms with van der Waals surface area (Å²) in [4.78, 5) is 12.5. The van der Waals surface area contributed by atoms with Crippen LogP contribution in [0.25, 0.3) is 0 Å². The topological polar surface area (TPSA) is 110 Å². The second kappa shape index (κ2) is 45.1. The Morgan fingerprint density at radius 2 is 0.807 bits per heavy atom. The summed E-state index contributed by atoms with van der Waals surface area (Å²) in [6.45, 7) is 3.99. The third-order valence-corrected chi connectivity index (χ3v) is 10.9. The number of carbonyl (C=O) groups excluding carboxylic acids is 1. The van der Waals surface area contributed by atoms with Gasteiger partial charge in [-0.3, -0.25) is 4.79 Å². The quantitative estimate of drug-likeness (QED) is 0.0312. The lowest BCUT2D eigenvalue weighted by Crippen LogP contribution is -2.53. The average molecular weight is 800 g/mol. The van der Waals surface area contributed by atoms with E-state index in [2.05, 4.69) is 79.9 Å². The Balaban J connectivity index is 3.75. The van der Waals surface area contributed by atoms with Gasteiger partial charge in [0, 0.05) is 0 Å². The molecule has 0 aliphatic heterocycles. The Morgan fingerprint density at radius 1 is 0.439 bits per heavy atom. The molecule has 1 amide bonds. The summed E-state index contributed by atoms with van der Waals surface area (Å²) < 4.78 is 0. The minimum Gasteiger partial charge on any atom is -0.394 e.